The van der Waals surface area contributed by atoms with Crippen LogP contribution in [0.5, 0.6) is 0 Å². The van der Waals surface area contributed by atoms with Gasteiger partial charge in [0, 0.05) is 40.4 Å². The molecule has 2 amide bonds. The molecule has 0 aliphatic carbocycles. The maximum atomic E-state index is 13.2. The Morgan fingerprint density at radius 2 is 1.88 bits per heavy atom. The highest BCUT2D eigenvalue weighted by atomic mass is 32.2. The van der Waals surface area contributed by atoms with Gasteiger partial charge in [-0.2, -0.15) is 0 Å². The molecule has 1 saturated heterocycles. The number of rotatable bonds is 6. The van der Waals surface area contributed by atoms with E-state index in [4.69, 9.17) is 0 Å². The van der Waals surface area contributed by atoms with Crippen LogP contribution in [0.3, 0.4) is 0 Å². The average molecular weight is 475 g/mol. The molecule has 2 heterocycles. The van der Waals surface area contributed by atoms with Gasteiger partial charge in [0.1, 0.15) is 6.54 Å². The second-order valence-corrected chi connectivity index (χ2v) is 10.0. The van der Waals surface area contributed by atoms with Crippen LogP contribution in [-0.2, 0) is 16.1 Å². The maximum absolute atomic E-state index is 13.2. The molecular formula is C27H30N4O2S. The lowest BCUT2D eigenvalue weighted by molar-refractivity contribution is -0.123. The van der Waals surface area contributed by atoms with E-state index in [2.05, 4.69) is 10.3 Å². The maximum Gasteiger partial charge on any atom is 0.266 e. The molecule has 1 aliphatic rings. The minimum absolute atomic E-state index is 0.0232. The molecule has 0 unspecified atom stereocenters. The van der Waals surface area contributed by atoms with E-state index in [1.165, 1.54) is 11.8 Å². The van der Waals surface area contributed by atoms with Gasteiger partial charge in [-0.05, 0) is 76.2 Å². The van der Waals surface area contributed by atoms with Crippen LogP contribution in [0.4, 0.5) is 5.69 Å². The number of fused-ring (bicyclic) bond motifs is 1. The van der Waals surface area contributed by atoms with E-state index in [0.29, 0.717) is 4.91 Å². The van der Waals surface area contributed by atoms with E-state index < -0.39 is 0 Å². The first-order valence-electron chi connectivity index (χ1n) is 11.5. The third kappa shape index (κ3) is 5.09. The summed E-state index contributed by atoms with van der Waals surface area (Å²) < 4.78 is 1.93. The summed E-state index contributed by atoms with van der Waals surface area (Å²) >= 11 is 1.41. The number of thioether (sulfide) groups is 1. The lowest BCUT2D eigenvalue weighted by atomic mass is 10.1. The SMILES string of the molecule is Cc1cccc(NC(=O)Cn2cc(/C=C3/SC(=NC(C)C)N(C(C)C)C3=O)c3ccccc32)c1. The average Bonchev–Trinajstić information content (AvgIpc) is 3.25. The van der Waals surface area contributed by atoms with Crippen LogP contribution < -0.4 is 5.32 Å². The summed E-state index contributed by atoms with van der Waals surface area (Å²) in [4.78, 5) is 33.0. The molecule has 0 saturated carbocycles. The molecule has 0 radical (unpaired) electrons. The molecule has 1 aliphatic heterocycles. The van der Waals surface area contributed by atoms with Crippen LogP contribution in [0.2, 0.25) is 0 Å². The fourth-order valence-corrected chi connectivity index (χ4v) is 5.22. The van der Waals surface area contributed by atoms with E-state index in [0.717, 1.165) is 32.9 Å². The number of amides is 2. The van der Waals surface area contributed by atoms with E-state index in [-0.39, 0.29) is 30.4 Å². The first-order chi connectivity index (χ1) is 16.2. The highest BCUT2D eigenvalue weighted by Gasteiger charge is 2.35. The minimum Gasteiger partial charge on any atom is -0.337 e. The third-order valence-corrected chi connectivity index (χ3v) is 6.44. The zero-order chi connectivity index (χ0) is 24.4. The first-order valence-corrected chi connectivity index (χ1v) is 12.3. The molecule has 0 bridgehead atoms. The van der Waals surface area contributed by atoms with Gasteiger partial charge < -0.3 is 9.88 Å². The number of amidine groups is 1. The zero-order valence-corrected chi connectivity index (χ0v) is 21.0. The molecule has 1 aromatic heterocycles. The summed E-state index contributed by atoms with van der Waals surface area (Å²) in [5.74, 6) is -0.136. The minimum atomic E-state index is -0.103. The molecule has 1 fully saturated rings. The lowest BCUT2D eigenvalue weighted by Crippen LogP contribution is -2.35. The molecule has 7 heteroatoms. The molecule has 176 valence electrons. The van der Waals surface area contributed by atoms with Gasteiger partial charge in [-0.1, -0.05) is 30.3 Å². The molecule has 0 spiro atoms. The van der Waals surface area contributed by atoms with E-state index >= 15 is 0 Å². The van der Waals surface area contributed by atoms with Crippen molar-refractivity contribution in [1.29, 1.82) is 0 Å². The van der Waals surface area contributed by atoms with Crippen molar-refractivity contribution in [2.45, 2.75) is 53.2 Å². The van der Waals surface area contributed by atoms with Gasteiger partial charge in [0.2, 0.25) is 5.91 Å². The van der Waals surface area contributed by atoms with Crippen molar-refractivity contribution in [3.05, 3.63) is 70.8 Å². The number of anilines is 1. The summed E-state index contributed by atoms with van der Waals surface area (Å²) in [6.45, 7) is 10.2. The van der Waals surface area contributed by atoms with Crippen molar-refractivity contribution < 1.29 is 9.59 Å². The van der Waals surface area contributed by atoms with Crippen molar-refractivity contribution >= 4 is 51.4 Å². The highest BCUT2D eigenvalue weighted by Crippen LogP contribution is 2.35. The summed E-state index contributed by atoms with van der Waals surface area (Å²) in [6, 6.07) is 15.8. The second kappa shape index (κ2) is 9.89. The summed E-state index contributed by atoms with van der Waals surface area (Å²) in [5.41, 5.74) is 3.72. The predicted molar refractivity (Wildman–Crippen MR) is 142 cm³/mol. The van der Waals surface area contributed by atoms with Crippen molar-refractivity contribution in [3.63, 3.8) is 0 Å². The quantitative estimate of drug-likeness (QED) is 0.468. The van der Waals surface area contributed by atoms with Crippen LogP contribution in [0.15, 0.2) is 64.6 Å². The van der Waals surface area contributed by atoms with Gasteiger partial charge in [-0.15, -0.1) is 0 Å². The number of hydrogen-bond donors (Lipinski definition) is 1. The van der Waals surface area contributed by atoms with Crippen molar-refractivity contribution in [2.75, 3.05) is 5.32 Å². The van der Waals surface area contributed by atoms with E-state index in [1.54, 1.807) is 4.90 Å². The lowest BCUT2D eigenvalue weighted by Gasteiger charge is -2.20. The van der Waals surface area contributed by atoms with Crippen molar-refractivity contribution in [1.82, 2.24) is 9.47 Å². The fourth-order valence-electron chi connectivity index (χ4n) is 3.99. The molecule has 4 rings (SSSR count). The normalized spacial score (nSPS) is 16.6. The van der Waals surface area contributed by atoms with E-state index in [1.807, 2.05) is 100.0 Å². The second-order valence-electron chi connectivity index (χ2n) is 9.03. The highest BCUT2D eigenvalue weighted by molar-refractivity contribution is 8.18. The standard InChI is InChI=1S/C27H30N4O2S/c1-17(2)28-27-31(18(3)4)26(33)24(34-27)14-20-15-30(23-12-7-6-11-22(20)23)16-25(32)29-21-10-8-9-19(5)13-21/h6-15,17-18H,16H2,1-5H3,(H,29,32)/b24-14+,28-27?. The predicted octanol–water partition coefficient (Wildman–Crippen LogP) is 5.68. The Bertz CT molecular complexity index is 1300. The Morgan fingerprint density at radius 3 is 2.59 bits per heavy atom. The van der Waals surface area contributed by atoms with Crippen molar-refractivity contribution in [2.24, 2.45) is 4.99 Å². The Kier molecular flexibility index (Phi) is 6.93. The van der Waals surface area contributed by atoms with Crippen LogP contribution in [0.1, 0.15) is 38.8 Å². The Hall–Kier alpha value is -3.32. The number of nitrogens with zero attached hydrogens (tertiary/aromatic N) is 3. The number of aromatic nitrogens is 1. The number of benzene rings is 2. The third-order valence-electron chi connectivity index (χ3n) is 5.44. The van der Waals surface area contributed by atoms with Gasteiger partial charge >= 0.3 is 0 Å². The number of aliphatic imine (C=N–C) groups is 1. The number of carbonyl (C=O) groups is 2. The first kappa shape index (κ1) is 23.8. The molecule has 34 heavy (non-hydrogen) atoms. The molecule has 2 aromatic carbocycles. The van der Waals surface area contributed by atoms with Gasteiger partial charge in [-0.25, -0.2) is 0 Å². The van der Waals surface area contributed by atoms with Gasteiger partial charge in [0.15, 0.2) is 5.17 Å². The Labute approximate surface area is 204 Å². The molecular weight excluding hydrogens is 444 g/mol. The van der Waals surface area contributed by atoms with Gasteiger partial charge in [-0.3, -0.25) is 19.5 Å². The van der Waals surface area contributed by atoms with Gasteiger partial charge in [0.05, 0.1) is 4.91 Å². The molecule has 1 N–H and O–H groups in total. The van der Waals surface area contributed by atoms with E-state index in [9.17, 15) is 9.59 Å². The van der Waals surface area contributed by atoms with Crippen LogP contribution in [-0.4, -0.2) is 38.5 Å². The van der Waals surface area contributed by atoms with Gasteiger partial charge in [0.25, 0.3) is 5.91 Å². The Morgan fingerprint density at radius 1 is 1.12 bits per heavy atom. The van der Waals surface area contributed by atoms with Crippen LogP contribution in [0.25, 0.3) is 17.0 Å². The zero-order valence-electron chi connectivity index (χ0n) is 20.2. The number of nitrogens with one attached hydrogen (secondary N) is 1. The summed E-state index contributed by atoms with van der Waals surface area (Å²) in [5, 5.41) is 4.71. The smallest absolute Gasteiger partial charge is 0.266 e. The topological polar surface area (TPSA) is 66.7 Å². The number of carbonyl (C=O) groups excluding carboxylic acids is 2. The summed E-state index contributed by atoms with van der Waals surface area (Å²) in [7, 11) is 0. The largest absolute Gasteiger partial charge is 0.337 e. The number of aryl methyl sites for hydroxylation is 1. The number of hydrogen-bond acceptors (Lipinski definition) is 4. The summed E-state index contributed by atoms with van der Waals surface area (Å²) in [6.07, 6.45) is 3.86. The molecule has 3 aromatic rings. The molecule has 6 nitrogen and oxygen atoms in total. The molecule has 0 atom stereocenters. The van der Waals surface area contributed by atoms with Crippen LogP contribution >= 0.6 is 11.8 Å². The number of para-hydroxylation sites is 1. The van der Waals surface area contributed by atoms with Crippen LogP contribution in [0, 0.1) is 6.92 Å². The monoisotopic (exact) mass is 474 g/mol. The fraction of sp³-hybridized carbons (Fsp3) is 0.296. The Balaban J connectivity index is 1.65. The van der Waals surface area contributed by atoms with Crippen molar-refractivity contribution in [3.8, 4) is 0 Å².